The number of aryl methyl sites for hydroxylation is 1. The number of carbonyl (C=O) groups is 1. The van der Waals surface area contributed by atoms with Crippen LogP contribution in [0.4, 0.5) is 5.69 Å². The van der Waals surface area contributed by atoms with Crippen LogP contribution in [0.5, 0.6) is 11.5 Å². The zero-order valence-corrected chi connectivity index (χ0v) is 16.7. The maximum absolute atomic E-state index is 12.2. The molecule has 2 aromatic carbocycles. The second kappa shape index (κ2) is 8.88. The highest BCUT2D eigenvalue weighted by atomic mass is 32.2. The van der Waals surface area contributed by atoms with E-state index in [1.807, 2.05) is 0 Å². The monoisotopic (exact) mass is 392 g/mol. The third-order valence-corrected chi connectivity index (χ3v) is 5.85. The van der Waals surface area contributed by atoms with Crippen molar-refractivity contribution in [2.75, 3.05) is 33.6 Å². The number of hydrogen-bond acceptors (Lipinski definition) is 5. The van der Waals surface area contributed by atoms with E-state index in [-0.39, 0.29) is 17.2 Å². The average molecular weight is 392 g/mol. The molecule has 0 bridgehead atoms. The maximum Gasteiger partial charge on any atom is 0.242 e. The number of nitrogens with zero attached hydrogens (tertiary/aromatic N) is 1. The first-order chi connectivity index (χ1) is 12.8. The van der Waals surface area contributed by atoms with Crippen LogP contribution in [0.2, 0.25) is 0 Å². The van der Waals surface area contributed by atoms with Crippen LogP contribution in [0.25, 0.3) is 0 Å². The summed E-state index contributed by atoms with van der Waals surface area (Å²) in [6, 6.07) is 11.7. The summed E-state index contributed by atoms with van der Waals surface area (Å²) >= 11 is 0. The van der Waals surface area contributed by atoms with Gasteiger partial charge in [0.1, 0.15) is 11.5 Å². The number of hydrogen-bond donors (Lipinski definition) is 1. The number of nitrogens with one attached hydrogen (secondary N) is 1. The Bertz CT molecular complexity index is 893. The Morgan fingerprint density at radius 3 is 2.26 bits per heavy atom. The van der Waals surface area contributed by atoms with Gasteiger partial charge in [-0.3, -0.25) is 4.79 Å². The van der Waals surface area contributed by atoms with Gasteiger partial charge in [-0.15, -0.1) is 0 Å². The van der Waals surface area contributed by atoms with Gasteiger partial charge in [-0.1, -0.05) is 12.1 Å². The molecule has 0 radical (unpaired) electrons. The van der Waals surface area contributed by atoms with Crippen molar-refractivity contribution in [3.63, 3.8) is 0 Å². The van der Waals surface area contributed by atoms with Gasteiger partial charge in [0.15, 0.2) is 0 Å². The summed E-state index contributed by atoms with van der Waals surface area (Å²) in [5.74, 6) is 0.988. The van der Waals surface area contributed by atoms with E-state index in [2.05, 4.69) is 5.32 Å². The summed E-state index contributed by atoms with van der Waals surface area (Å²) in [4.78, 5) is 12.4. The first kappa shape index (κ1) is 20.7. The van der Waals surface area contributed by atoms with E-state index in [1.165, 1.54) is 21.2 Å². The minimum absolute atomic E-state index is 0.163. The lowest BCUT2D eigenvalue weighted by atomic mass is 10.1. The Kier molecular flexibility index (Phi) is 6.81. The van der Waals surface area contributed by atoms with E-state index in [9.17, 15) is 13.2 Å². The van der Waals surface area contributed by atoms with Crippen LogP contribution in [0, 0.1) is 0 Å². The molecule has 2 aromatic rings. The number of methoxy groups -OCH3 is 2. The molecular formula is C19H24N2O5S. The van der Waals surface area contributed by atoms with Crippen LogP contribution in [-0.2, 0) is 21.2 Å². The standard InChI is InChI=1S/C19H24N2O5S/c1-21(2)27(23,24)16-9-5-14(6-10-16)7-12-19(22)20-17-11-8-15(25-3)13-18(17)26-4/h5-6,8-11,13H,7,12H2,1-4H3,(H,20,22). The smallest absolute Gasteiger partial charge is 0.242 e. The SMILES string of the molecule is COc1ccc(NC(=O)CCc2ccc(S(=O)(=O)N(C)C)cc2)c(OC)c1. The second-order valence-corrected chi connectivity index (χ2v) is 8.20. The van der Waals surface area contributed by atoms with Gasteiger partial charge >= 0.3 is 0 Å². The Morgan fingerprint density at radius 1 is 1.04 bits per heavy atom. The molecule has 0 fully saturated rings. The van der Waals surface area contributed by atoms with Crippen LogP contribution >= 0.6 is 0 Å². The molecule has 27 heavy (non-hydrogen) atoms. The number of anilines is 1. The molecule has 0 aliphatic rings. The molecule has 0 aromatic heterocycles. The van der Waals surface area contributed by atoms with Crippen LogP contribution < -0.4 is 14.8 Å². The van der Waals surface area contributed by atoms with E-state index < -0.39 is 10.0 Å². The van der Waals surface area contributed by atoms with Crippen LogP contribution in [0.1, 0.15) is 12.0 Å². The predicted octanol–water partition coefficient (Wildman–Crippen LogP) is 2.53. The van der Waals surface area contributed by atoms with Crippen molar-refractivity contribution in [2.24, 2.45) is 0 Å². The van der Waals surface area contributed by atoms with Crippen molar-refractivity contribution in [3.05, 3.63) is 48.0 Å². The molecule has 146 valence electrons. The van der Waals surface area contributed by atoms with Crippen LogP contribution in [0.3, 0.4) is 0 Å². The number of ether oxygens (including phenoxy) is 2. The lowest BCUT2D eigenvalue weighted by Gasteiger charge is -2.12. The van der Waals surface area contributed by atoms with Gasteiger partial charge in [-0.25, -0.2) is 12.7 Å². The summed E-state index contributed by atoms with van der Waals surface area (Å²) in [7, 11) is 2.60. The molecule has 1 N–H and O–H groups in total. The molecule has 8 heteroatoms. The summed E-state index contributed by atoms with van der Waals surface area (Å²) in [6.45, 7) is 0. The van der Waals surface area contributed by atoms with Crippen molar-refractivity contribution in [3.8, 4) is 11.5 Å². The van der Waals surface area contributed by atoms with Gasteiger partial charge < -0.3 is 14.8 Å². The van der Waals surface area contributed by atoms with Crippen molar-refractivity contribution < 1.29 is 22.7 Å². The van der Waals surface area contributed by atoms with Crippen LogP contribution in [-0.4, -0.2) is 46.9 Å². The minimum atomic E-state index is -3.45. The van der Waals surface area contributed by atoms with E-state index in [0.29, 0.717) is 23.6 Å². The van der Waals surface area contributed by atoms with Gasteiger partial charge in [-0.2, -0.15) is 0 Å². The third-order valence-electron chi connectivity index (χ3n) is 4.03. The number of amides is 1. The minimum Gasteiger partial charge on any atom is -0.497 e. The van der Waals surface area contributed by atoms with Gasteiger partial charge in [0, 0.05) is 26.6 Å². The second-order valence-electron chi connectivity index (χ2n) is 6.05. The Hall–Kier alpha value is -2.58. The molecule has 0 saturated carbocycles. The Balaban J connectivity index is 1.98. The molecule has 0 atom stereocenters. The molecule has 0 heterocycles. The highest BCUT2D eigenvalue weighted by Crippen LogP contribution is 2.29. The number of rotatable bonds is 8. The first-order valence-electron chi connectivity index (χ1n) is 8.31. The normalized spacial score (nSPS) is 11.3. The molecule has 1 amide bonds. The number of sulfonamides is 1. The van der Waals surface area contributed by atoms with Gasteiger partial charge in [-0.05, 0) is 36.2 Å². The van der Waals surface area contributed by atoms with Crippen molar-refractivity contribution in [2.45, 2.75) is 17.7 Å². The Labute approximate surface area is 160 Å². The molecule has 0 aliphatic carbocycles. The molecular weight excluding hydrogens is 368 g/mol. The average Bonchev–Trinajstić information content (AvgIpc) is 2.66. The molecule has 0 unspecified atom stereocenters. The summed E-state index contributed by atoms with van der Waals surface area (Å²) in [5.41, 5.74) is 1.44. The zero-order valence-electron chi connectivity index (χ0n) is 15.9. The quantitative estimate of drug-likeness (QED) is 0.746. The number of carbonyl (C=O) groups excluding carboxylic acids is 1. The number of benzene rings is 2. The predicted molar refractivity (Wildman–Crippen MR) is 104 cm³/mol. The zero-order chi connectivity index (χ0) is 20.0. The highest BCUT2D eigenvalue weighted by Gasteiger charge is 2.16. The Morgan fingerprint density at radius 2 is 1.70 bits per heavy atom. The first-order valence-corrected chi connectivity index (χ1v) is 9.75. The molecule has 0 spiro atoms. The van der Waals surface area contributed by atoms with Gasteiger partial charge in [0.05, 0.1) is 24.8 Å². The van der Waals surface area contributed by atoms with Gasteiger partial charge in [0.2, 0.25) is 15.9 Å². The summed E-state index contributed by atoms with van der Waals surface area (Å²) in [6.07, 6.45) is 0.752. The van der Waals surface area contributed by atoms with Crippen molar-refractivity contribution in [1.82, 2.24) is 4.31 Å². The van der Waals surface area contributed by atoms with Crippen molar-refractivity contribution in [1.29, 1.82) is 0 Å². The van der Waals surface area contributed by atoms with E-state index in [0.717, 1.165) is 9.87 Å². The summed E-state index contributed by atoms with van der Waals surface area (Å²) in [5, 5.41) is 2.81. The fourth-order valence-electron chi connectivity index (χ4n) is 2.41. The third kappa shape index (κ3) is 5.21. The maximum atomic E-state index is 12.2. The van der Waals surface area contributed by atoms with E-state index >= 15 is 0 Å². The molecule has 7 nitrogen and oxygen atoms in total. The fourth-order valence-corrected chi connectivity index (χ4v) is 3.31. The molecule has 0 saturated heterocycles. The lowest BCUT2D eigenvalue weighted by Crippen LogP contribution is -2.22. The van der Waals surface area contributed by atoms with Crippen molar-refractivity contribution >= 4 is 21.6 Å². The largest absolute Gasteiger partial charge is 0.497 e. The molecule has 0 aliphatic heterocycles. The topological polar surface area (TPSA) is 84.9 Å². The van der Waals surface area contributed by atoms with E-state index in [4.69, 9.17) is 9.47 Å². The fraction of sp³-hybridized carbons (Fsp3) is 0.316. The van der Waals surface area contributed by atoms with E-state index in [1.54, 1.807) is 49.6 Å². The highest BCUT2D eigenvalue weighted by molar-refractivity contribution is 7.89. The van der Waals surface area contributed by atoms with Gasteiger partial charge in [0.25, 0.3) is 0 Å². The summed E-state index contributed by atoms with van der Waals surface area (Å²) < 4.78 is 35.7. The molecule has 2 rings (SSSR count). The van der Waals surface area contributed by atoms with Crippen LogP contribution in [0.15, 0.2) is 47.4 Å². The lowest BCUT2D eigenvalue weighted by molar-refractivity contribution is -0.116.